The second kappa shape index (κ2) is 5.18. The van der Waals surface area contributed by atoms with Gasteiger partial charge in [0.2, 0.25) is 0 Å². The van der Waals surface area contributed by atoms with Crippen LogP contribution in [-0.4, -0.2) is 38.9 Å². The Labute approximate surface area is 136 Å². The van der Waals surface area contributed by atoms with Gasteiger partial charge in [0.25, 0.3) is 5.91 Å². The molecule has 2 fully saturated rings. The highest BCUT2D eigenvalue weighted by Crippen LogP contribution is 2.39. The molecule has 2 aromatic rings. The van der Waals surface area contributed by atoms with Gasteiger partial charge in [-0.25, -0.2) is 4.68 Å². The number of hydrogen-bond acceptors (Lipinski definition) is 3. The number of aryl methyl sites for hydroxylation is 3. The lowest BCUT2D eigenvalue weighted by atomic mass is 9.97. The largest absolute Gasteiger partial charge is 0.334 e. The molecule has 5 heteroatoms. The molecule has 0 unspecified atom stereocenters. The van der Waals surface area contributed by atoms with Crippen LogP contribution in [0.25, 0.3) is 0 Å². The first-order valence-corrected chi connectivity index (χ1v) is 8.32. The summed E-state index contributed by atoms with van der Waals surface area (Å²) in [5.74, 6) is 0.762. The van der Waals surface area contributed by atoms with Gasteiger partial charge in [-0.15, -0.1) is 5.10 Å². The number of hydrogen-bond donors (Lipinski definition) is 0. The lowest BCUT2D eigenvalue weighted by Gasteiger charge is -2.39. The normalized spacial score (nSPS) is 18.1. The van der Waals surface area contributed by atoms with Crippen molar-refractivity contribution >= 4 is 5.91 Å². The van der Waals surface area contributed by atoms with Gasteiger partial charge in [0, 0.05) is 30.8 Å². The van der Waals surface area contributed by atoms with Crippen LogP contribution < -0.4 is 0 Å². The van der Waals surface area contributed by atoms with Crippen LogP contribution in [0.15, 0.2) is 18.3 Å². The second-order valence-electron chi connectivity index (χ2n) is 7.04. The van der Waals surface area contributed by atoms with Crippen molar-refractivity contribution in [3.63, 3.8) is 0 Å². The molecule has 1 aliphatic heterocycles. The molecule has 1 saturated heterocycles. The molecule has 0 bridgehead atoms. The molecular formula is C18H22N4O. The van der Waals surface area contributed by atoms with E-state index >= 15 is 0 Å². The minimum atomic E-state index is 0.138. The first-order valence-electron chi connectivity index (χ1n) is 8.32. The third-order valence-electron chi connectivity index (χ3n) is 4.94. The first-order chi connectivity index (χ1) is 11.0. The topological polar surface area (TPSA) is 51.0 Å². The number of amides is 1. The maximum atomic E-state index is 12.8. The molecule has 1 saturated carbocycles. The lowest BCUT2D eigenvalue weighted by Crippen LogP contribution is -2.51. The number of likely N-dealkylation sites (tertiary alicyclic amines) is 1. The summed E-state index contributed by atoms with van der Waals surface area (Å²) in [6.45, 7) is 7.54. The molecule has 4 rings (SSSR count). The minimum absolute atomic E-state index is 0.138. The van der Waals surface area contributed by atoms with E-state index in [-0.39, 0.29) is 11.9 Å². The molecule has 1 aromatic heterocycles. The SMILES string of the molecule is Cc1cc(C)c(C(=O)N2CC(n3cc(C4CC4)nn3)C2)c(C)c1. The number of aromatic nitrogens is 3. The van der Waals surface area contributed by atoms with Crippen LogP contribution in [0.3, 0.4) is 0 Å². The molecule has 120 valence electrons. The Hall–Kier alpha value is -2.17. The third-order valence-corrected chi connectivity index (χ3v) is 4.94. The zero-order valence-corrected chi connectivity index (χ0v) is 13.9. The fraction of sp³-hybridized carbons (Fsp3) is 0.500. The van der Waals surface area contributed by atoms with Crippen molar-refractivity contribution in [2.75, 3.05) is 13.1 Å². The highest BCUT2D eigenvalue weighted by atomic mass is 16.2. The van der Waals surface area contributed by atoms with E-state index in [0.29, 0.717) is 5.92 Å². The van der Waals surface area contributed by atoms with Crippen molar-refractivity contribution in [1.82, 2.24) is 19.9 Å². The van der Waals surface area contributed by atoms with Crippen LogP contribution in [0.1, 0.15) is 57.5 Å². The van der Waals surface area contributed by atoms with Crippen LogP contribution in [-0.2, 0) is 0 Å². The van der Waals surface area contributed by atoms with E-state index in [9.17, 15) is 4.79 Å². The van der Waals surface area contributed by atoms with Crippen molar-refractivity contribution in [3.05, 3.63) is 46.3 Å². The summed E-state index contributed by atoms with van der Waals surface area (Å²) in [4.78, 5) is 14.7. The summed E-state index contributed by atoms with van der Waals surface area (Å²) >= 11 is 0. The van der Waals surface area contributed by atoms with Crippen molar-refractivity contribution in [2.24, 2.45) is 0 Å². The number of nitrogens with zero attached hydrogens (tertiary/aromatic N) is 4. The molecule has 1 aliphatic carbocycles. The van der Waals surface area contributed by atoms with Gasteiger partial charge >= 0.3 is 0 Å². The number of rotatable bonds is 3. The molecule has 0 atom stereocenters. The molecule has 1 aromatic carbocycles. The molecule has 0 N–H and O–H groups in total. The number of carbonyl (C=O) groups is 1. The van der Waals surface area contributed by atoms with Crippen LogP contribution in [0, 0.1) is 20.8 Å². The number of benzene rings is 1. The van der Waals surface area contributed by atoms with Crippen LogP contribution in [0.4, 0.5) is 0 Å². The van der Waals surface area contributed by atoms with Gasteiger partial charge in [-0.3, -0.25) is 4.79 Å². The highest BCUT2D eigenvalue weighted by molar-refractivity contribution is 5.97. The Balaban J connectivity index is 1.45. The highest BCUT2D eigenvalue weighted by Gasteiger charge is 2.35. The van der Waals surface area contributed by atoms with Crippen molar-refractivity contribution in [3.8, 4) is 0 Å². The van der Waals surface area contributed by atoms with E-state index in [2.05, 4.69) is 35.6 Å². The molecule has 0 spiro atoms. The predicted octanol–water partition coefficient (Wildman–Crippen LogP) is 2.78. The van der Waals surface area contributed by atoms with Crippen LogP contribution in [0.5, 0.6) is 0 Å². The quantitative estimate of drug-likeness (QED) is 0.876. The zero-order valence-electron chi connectivity index (χ0n) is 13.9. The molecule has 0 radical (unpaired) electrons. The summed E-state index contributed by atoms with van der Waals surface area (Å²) in [6, 6.07) is 4.43. The third kappa shape index (κ3) is 2.54. The fourth-order valence-corrected chi connectivity index (χ4v) is 3.50. The maximum absolute atomic E-state index is 12.8. The average Bonchev–Trinajstić information content (AvgIpc) is 3.16. The Morgan fingerprint density at radius 2 is 1.78 bits per heavy atom. The lowest BCUT2D eigenvalue weighted by molar-refractivity contribution is 0.0497. The standard InChI is InChI=1S/C18H22N4O/c1-11-6-12(2)17(13(3)7-11)18(23)21-8-15(9-21)22-10-16(19-20-22)14-4-5-14/h6-7,10,14-15H,4-5,8-9H2,1-3H3. The first kappa shape index (κ1) is 14.4. The fourth-order valence-electron chi connectivity index (χ4n) is 3.50. The van der Waals surface area contributed by atoms with Crippen molar-refractivity contribution < 1.29 is 4.79 Å². The van der Waals surface area contributed by atoms with Gasteiger partial charge in [-0.2, -0.15) is 0 Å². The predicted molar refractivity (Wildman–Crippen MR) is 87.6 cm³/mol. The van der Waals surface area contributed by atoms with Crippen LogP contribution in [0.2, 0.25) is 0 Å². The molecule has 1 amide bonds. The zero-order chi connectivity index (χ0) is 16.1. The van der Waals surface area contributed by atoms with E-state index < -0.39 is 0 Å². The molecular weight excluding hydrogens is 288 g/mol. The smallest absolute Gasteiger partial charge is 0.254 e. The Bertz CT molecular complexity index is 746. The number of carbonyl (C=O) groups excluding carboxylic acids is 1. The van der Waals surface area contributed by atoms with E-state index in [0.717, 1.165) is 35.5 Å². The van der Waals surface area contributed by atoms with Crippen molar-refractivity contribution in [1.29, 1.82) is 0 Å². The van der Waals surface area contributed by atoms with E-state index in [1.165, 1.54) is 18.4 Å². The Kier molecular flexibility index (Phi) is 3.25. The van der Waals surface area contributed by atoms with E-state index in [1.54, 1.807) is 0 Å². The van der Waals surface area contributed by atoms with Gasteiger partial charge in [-0.05, 0) is 44.7 Å². The molecule has 23 heavy (non-hydrogen) atoms. The summed E-state index contributed by atoms with van der Waals surface area (Å²) in [7, 11) is 0. The summed E-state index contributed by atoms with van der Waals surface area (Å²) in [6.07, 6.45) is 4.53. The van der Waals surface area contributed by atoms with E-state index in [4.69, 9.17) is 0 Å². The summed E-state index contributed by atoms with van der Waals surface area (Å²) in [5, 5.41) is 8.50. The minimum Gasteiger partial charge on any atom is -0.334 e. The van der Waals surface area contributed by atoms with Gasteiger partial charge in [-0.1, -0.05) is 22.9 Å². The van der Waals surface area contributed by atoms with E-state index in [1.807, 2.05) is 23.4 Å². The van der Waals surface area contributed by atoms with Crippen LogP contribution >= 0.6 is 0 Å². The van der Waals surface area contributed by atoms with Gasteiger partial charge < -0.3 is 4.90 Å². The molecule has 2 aliphatic rings. The summed E-state index contributed by atoms with van der Waals surface area (Å²) in [5.41, 5.74) is 5.29. The van der Waals surface area contributed by atoms with Gasteiger partial charge in [0.05, 0.1) is 11.7 Å². The average molecular weight is 310 g/mol. The monoisotopic (exact) mass is 310 g/mol. The van der Waals surface area contributed by atoms with Crippen molar-refractivity contribution in [2.45, 2.75) is 45.6 Å². The molecule has 5 nitrogen and oxygen atoms in total. The summed E-state index contributed by atoms with van der Waals surface area (Å²) < 4.78 is 1.94. The van der Waals surface area contributed by atoms with Gasteiger partial charge in [0.1, 0.15) is 0 Å². The Morgan fingerprint density at radius 1 is 1.13 bits per heavy atom. The maximum Gasteiger partial charge on any atom is 0.254 e. The Morgan fingerprint density at radius 3 is 2.39 bits per heavy atom. The second-order valence-corrected chi connectivity index (χ2v) is 7.04. The van der Waals surface area contributed by atoms with Gasteiger partial charge in [0.15, 0.2) is 0 Å². The molecule has 2 heterocycles.